The minimum absolute atomic E-state index is 0.297. The van der Waals surface area contributed by atoms with E-state index < -0.39 is 0 Å². The molecule has 110 valence electrons. The van der Waals surface area contributed by atoms with Crippen LogP contribution in [0, 0.1) is 5.92 Å². The summed E-state index contributed by atoms with van der Waals surface area (Å²) in [5, 5.41) is 3.48. The molecule has 1 aromatic rings. The molecule has 0 aromatic heterocycles. The molecule has 1 heterocycles. The number of rotatable bonds is 7. The average molecular weight is 274 g/mol. The number of nitrogens with one attached hydrogen (secondary N) is 1. The minimum atomic E-state index is 0.297. The van der Waals surface area contributed by atoms with Crippen molar-refractivity contribution >= 4 is 5.91 Å². The van der Waals surface area contributed by atoms with Crippen molar-refractivity contribution in [3.05, 3.63) is 35.4 Å². The molecular formula is C17H26N2O. The van der Waals surface area contributed by atoms with Crippen LogP contribution in [0.5, 0.6) is 0 Å². The molecule has 3 nitrogen and oxygen atoms in total. The number of benzene rings is 1. The third-order valence-electron chi connectivity index (χ3n) is 3.76. The van der Waals surface area contributed by atoms with Crippen LogP contribution in [0.4, 0.5) is 0 Å². The van der Waals surface area contributed by atoms with Crippen molar-refractivity contribution in [3.8, 4) is 0 Å². The van der Waals surface area contributed by atoms with Crippen LogP contribution < -0.4 is 5.32 Å². The van der Waals surface area contributed by atoms with Gasteiger partial charge in [-0.15, -0.1) is 0 Å². The second-order valence-corrected chi connectivity index (χ2v) is 6.10. The molecule has 0 radical (unpaired) electrons. The molecule has 0 spiro atoms. The van der Waals surface area contributed by atoms with Crippen LogP contribution in [0.25, 0.3) is 0 Å². The lowest BCUT2D eigenvalue weighted by Gasteiger charge is -2.16. The Morgan fingerprint density at radius 1 is 1.30 bits per heavy atom. The minimum Gasteiger partial charge on any atom is -0.338 e. The van der Waals surface area contributed by atoms with Gasteiger partial charge in [-0.1, -0.05) is 38.1 Å². The van der Waals surface area contributed by atoms with Gasteiger partial charge in [-0.3, -0.25) is 4.79 Å². The maximum Gasteiger partial charge on any atom is 0.222 e. The normalized spacial score (nSPS) is 15.3. The predicted molar refractivity (Wildman–Crippen MR) is 82.3 cm³/mol. The molecule has 0 atom stereocenters. The zero-order valence-corrected chi connectivity index (χ0v) is 12.7. The third-order valence-corrected chi connectivity index (χ3v) is 3.76. The van der Waals surface area contributed by atoms with Crippen molar-refractivity contribution < 1.29 is 4.79 Å². The van der Waals surface area contributed by atoms with Gasteiger partial charge in [-0.05, 0) is 36.4 Å². The number of carbonyl (C=O) groups excluding carboxylic acids is 1. The van der Waals surface area contributed by atoms with Crippen LogP contribution in [-0.4, -0.2) is 23.9 Å². The van der Waals surface area contributed by atoms with Crippen LogP contribution in [0.15, 0.2) is 24.3 Å². The summed E-state index contributed by atoms with van der Waals surface area (Å²) in [7, 11) is 0. The fraction of sp³-hybridized carbons (Fsp3) is 0.588. The molecule has 1 amide bonds. The van der Waals surface area contributed by atoms with E-state index in [-0.39, 0.29) is 0 Å². The lowest BCUT2D eigenvalue weighted by atomic mass is 10.1. The average Bonchev–Trinajstić information content (AvgIpc) is 2.81. The largest absolute Gasteiger partial charge is 0.338 e. The Hall–Kier alpha value is -1.35. The summed E-state index contributed by atoms with van der Waals surface area (Å²) in [6, 6.07) is 8.57. The quantitative estimate of drug-likeness (QED) is 0.775. The highest BCUT2D eigenvalue weighted by atomic mass is 16.2. The van der Waals surface area contributed by atoms with E-state index in [0.29, 0.717) is 5.91 Å². The number of nitrogens with zero attached hydrogens (tertiary/aromatic N) is 1. The molecule has 0 bridgehead atoms. The maximum absolute atomic E-state index is 11.7. The Balaban J connectivity index is 1.82. The van der Waals surface area contributed by atoms with Crippen LogP contribution in [0.3, 0.4) is 0 Å². The molecule has 1 fully saturated rings. The van der Waals surface area contributed by atoms with Gasteiger partial charge in [0.25, 0.3) is 0 Å². The Kier molecular flexibility index (Phi) is 5.60. The summed E-state index contributed by atoms with van der Waals surface area (Å²) in [5.74, 6) is 1.04. The lowest BCUT2D eigenvalue weighted by molar-refractivity contribution is -0.128. The Bertz CT molecular complexity index is 442. The van der Waals surface area contributed by atoms with E-state index in [9.17, 15) is 4.79 Å². The predicted octanol–water partition coefficient (Wildman–Crippen LogP) is 2.94. The highest BCUT2D eigenvalue weighted by Crippen LogP contribution is 2.15. The molecule has 1 aromatic carbocycles. The summed E-state index contributed by atoms with van der Waals surface area (Å²) >= 11 is 0. The fourth-order valence-electron chi connectivity index (χ4n) is 2.55. The van der Waals surface area contributed by atoms with Crippen LogP contribution in [0.1, 0.15) is 44.2 Å². The molecule has 1 aliphatic rings. The van der Waals surface area contributed by atoms with Crippen molar-refractivity contribution in [2.75, 3.05) is 13.1 Å². The molecule has 2 rings (SSSR count). The summed E-state index contributed by atoms with van der Waals surface area (Å²) in [5.41, 5.74) is 2.54. The van der Waals surface area contributed by atoms with E-state index in [1.807, 2.05) is 4.90 Å². The highest BCUT2D eigenvalue weighted by molar-refractivity contribution is 5.78. The first-order valence-electron chi connectivity index (χ1n) is 7.71. The van der Waals surface area contributed by atoms with E-state index in [1.54, 1.807) is 0 Å². The second-order valence-electron chi connectivity index (χ2n) is 6.10. The van der Waals surface area contributed by atoms with Crippen LogP contribution in [0.2, 0.25) is 0 Å². The molecule has 1 N–H and O–H groups in total. The highest BCUT2D eigenvalue weighted by Gasteiger charge is 2.19. The fourth-order valence-corrected chi connectivity index (χ4v) is 2.55. The topological polar surface area (TPSA) is 32.3 Å². The van der Waals surface area contributed by atoms with Crippen molar-refractivity contribution in [2.24, 2.45) is 5.92 Å². The van der Waals surface area contributed by atoms with E-state index in [0.717, 1.165) is 44.9 Å². The van der Waals surface area contributed by atoms with Gasteiger partial charge in [-0.25, -0.2) is 0 Å². The first kappa shape index (κ1) is 15.0. The lowest BCUT2D eigenvalue weighted by Crippen LogP contribution is -2.24. The molecule has 20 heavy (non-hydrogen) atoms. The zero-order valence-electron chi connectivity index (χ0n) is 12.7. The zero-order chi connectivity index (χ0) is 14.4. The van der Waals surface area contributed by atoms with E-state index >= 15 is 0 Å². The van der Waals surface area contributed by atoms with Gasteiger partial charge in [0.05, 0.1) is 0 Å². The van der Waals surface area contributed by atoms with Gasteiger partial charge in [0, 0.05) is 26.1 Å². The van der Waals surface area contributed by atoms with Crippen LogP contribution in [-0.2, 0) is 17.9 Å². The summed E-state index contributed by atoms with van der Waals surface area (Å²) in [4.78, 5) is 13.6. The molecule has 1 aliphatic heterocycles. The van der Waals surface area contributed by atoms with Crippen LogP contribution >= 0.6 is 0 Å². The Morgan fingerprint density at radius 3 is 2.80 bits per heavy atom. The van der Waals surface area contributed by atoms with Gasteiger partial charge in [0.2, 0.25) is 5.91 Å². The van der Waals surface area contributed by atoms with Gasteiger partial charge in [0.15, 0.2) is 0 Å². The van der Waals surface area contributed by atoms with E-state index in [4.69, 9.17) is 0 Å². The molecule has 1 saturated heterocycles. The van der Waals surface area contributed by atoms with Crippen molar-refractivity contribution in [1.29, 1.82) is 0 Å². The summed E-state index contributed by atoms with van der Waals surface area (Å²) in [6.45, 7) is 8.14. The SMILES string of the molecule is CC(C)CCNCc1cccc(CN2CCCC2=O)c1. The van der Waals surface area contributed by atoms with E-state index in [2.05, 4.69) is 43.4 Å². The monoisotopic (exact) mass is 274 g/mol. The number of amides is 1. The Labute approximate surface area is 122 Å². The molecular weight excluding hydrogens is 248 g/mol. The number of likely N-dealkylation sites (tertiary alicyclic amines) is 1. The van der Waals surface area contributed by atoms with Gasteiger partial charge in [-0.2, -0.15) is 0 Å². The van der Waals surface area contributed by atoms with Gasteiger partial charge < -0.3 is 10.2 Å². The Morgan fingerprint density at radius 2 is 2.10 bits per heavy atom. The second kappa shape index (κ2) is 7.44. The number of carbonyl (C=O) groups is 1. The smallest absolute Gasteiger partial charge is 0.222 e. The van der Waals surface area contributed by atoms with Crippen molar-refractivity contribution in [2.45, 2.75) is 46.2 Å². The van der Waals surface area contributed by atoms with Crippen molar-refractivity contribution in [1.82, 2.24) is 10.2 Å². The molecule has 0 unspecified atom stereocenters. The standard InChI is InChI=1S/C17H26N2O/c1-14(2)8-9-18-12-15-5-3-6-16(11-15)13-19-10-4-7-17(19)20/h3,5-6,11,14,18H,4,7-10,12-13H2,1-2H3. The number of hydrogen-bond acceptors (Lipinski definition) is 2. The van der Waals surface area contributed by atoms with Gasteiger partial charge >= 0.3 is 0 Å². The first-order chi connectivity index (χ1) is 9.65. The van der Waals surface area contributed by atoms with Crippen molar-refractivity contribution in [3.63, 3.8) is 0 Å². The molecule has 0 saturated carbocycles. The first-order valence-corrected chi connectivity index (χ1v) is 7.71. The number of hydrogen-bond donors (Lipinski definition) is 1. The third kappa shape index (κ3) is 4.64. The summed E-state index contributed by atoms with van der Waals surface area (Å²) < 4.78 is 0. The summed E-state index contributed by atoms with van der Waals surface area (Å²) in [6.07, 6.45) is 2.94. The molecule has 3 heteroatoms. The molecule has 0 aliphatic carbocycles. The van der Waals surface area contributed by atoms with Gasteiger partial charge in [0.1, 0.15) is 0 Å². The van der Waals surface area contributed by atoms with E-state index in [1.165, 1.54) is 17.5 Å². The maximum atomic E-state index is 11.7.